The molecule has 2 saturated heterocycles. The topological polar surface area (TPSA) is 127 Å². The van der Waals surface area contributed by atoms with Crippen molar-refractivity contribution >= 4 is 35.0 Å². The van der Waals surface area contributed by atoms with Gasteiger partial charge in [-0.15, -0.1) is 0 Å². The predicted molar refractivity (Wildman–Crippen MR) is 153 cm³/mol. The number of halogens is 1. The van der Waals surface area contributed by atoms with E-state index in [1.807, 2.05) is 27.7 Å². The van der Waals surface area contributed by atoms with Crippen LogP contribution in [0.5, 0.6) is 0 Å². The number of aromatic nitrogens is 2. The average molecular weight is 592 g/mol. The minimum Gasteiger partial charge on any atom is -0.444 e. The van der Waals surface area contributed by atoms with Crippen molar-refractivity contribution in [2.45, 2.75) is 96.5 Å². The van der Waals surface area contributed by atoms with Gasteiger partial charge >= 0.3 is 6.09 Å². The first-order valence-corrected chi connectivity index (χ1v) is 15.2. The van der Waals surface area contributed by atoms with Gasteiger partial charge in [0.15, 0.2) is 11.6 Å². The molecule has 41 heavy (non-hydrogen) atoms. The smallest absolute Gasteiger partial charge is 0.410 e. The van der Waals surface area contributed by atoms with Crippen molar-refractivity contribution in [1.29, 1.82) is 0 Å². The van der Waals surface area contributed by atoms with E-state index in [1.54, 1.807) is 11.0 Å². The molecule has 4 fully saturated rings. The molecule has 1 aromatic heterocycles. The Labute approximate surface area is 246 Å². The quantitative estimate of drug-likeness (QED) is 0.221. The number of ether oxygens (including phenoxy) is 3. The van der Waals surface area contributed by atoms with Crippen molar-refractivity contribution < 1.29 is 29.0 Å². The molecule has 2 saturated carbocycles. The van der Waals surface area contributed by atoms with E-state index in [2.05, 4.69) is 15.0 Å². The normalized spacial score (nSPS) is 29.6. The summed E-state index contributed by atoms with van der Waals surface area (Å²) in [5.74, 6) is -1.37. The number of hydrogen-bond acceptors (Lipinski definition) is 10. The molecular formula is C29H42ClN5O6. The van der Waals surface area contributed by atoms with Crippen LogP contribution in [0.3, 0.4) is 0 Å². The van der Waals surface area contributed by atoms with Gasteiger partial charge in [0.1, 0.15) is 16.6 Å². The molecule has 3 atom stereocenters. The molecule has 3 heterocycles. The minimum absolute atomic E-state index is 0.00531. The lowest BCUT2D eigenvalue weighted by molar-refractivity contribution is -0.238. The Kier molecular flexibility index (Phi) is 8.51. The number of ketones is 1. The molecule has 11 nitrogen and oxygen atoms in total. The third kappa shape index (κ3) is 5.77. The molecule has 1 aromatic rings. The number of Topliss-reactive ketones (excluding diaryl/α,β-unsaturated/α-hetero) is 1. The highest BCUT2D eigenvalue weighted by atomic mass is 35.5. The highest BCUT2D eigenvalue weighted by molar-refractivity contribution is 6.29. The Balaban J connectivity index is 1.39. The van der Waals surface area contributed by atoms with E-state index in [-0.39, 0.29) is 28.9 Å². The second kappa shape index (κ2) is 11.6. The monoisotopic (exact) mass is 591 g/mol. The van der Waals surface area contributed by atoms with Gasteiger partial charge in [-0.25, -0.2) is 14.8 Å². The van der Waals surface area contributed by atoms with Crippen LogP contribution in [-0.2, 0) is 14.2 Å². The average Bonchev–Trinajstić information content (AvgIpc) is 3.30. The van der Waals surface area contributed by atoms with E-state index in [1.165, 1.54) is 0 Å². The minimum atomic E-state index is -0.867. The second-order valence-electron chi connectivity index (χ2n) is 12.7. The maximum Gasteiger partial charge on any atom is 0.410 e. The molecule has 12 heteroatoms. The second-order valence-corrected chi connectivity index (χ2v) is 13.1. The van der Waals surface area contributed by atoms with Crippen LogP contribution in [-0.4, -0.2) is 87.9 Å². The zero-order valence-corrected chi connectivity index (χ0v) is 25.3. The lowest BCUT2D eigenvalue weighted by Gasteiger charge is -2.53. The Morgan fingerprint density at radius 1 is 1.10 bits per heavy atom. The molecule has 4 aliphatic rings. The van der Waals surface area contributed by atoms with Gasteiger partial charge in [0.25, 0.3) is 0 Å². The summed E-state index contributed by atoms with van der Waals surface area (Å²) in [5, 5.41) is 14.3. The van der Waals surface area contributed by atoms with E-state index in [0.29, 0.717) is 63.6 Å². The lowest BCUT2D eigenvalue weighted by Crippen LogP contribution is -2.60. The molecule has 1 amide bonds. The van der Waals surface area contributed by atoms with Crippen molar-refractivity contribution in [1.82, 2.24) is 14.9 Å². The number of nitrogens with zero attached hydrogens (tertiary/aromatic N) is 5. The number of hydrogen-bond donors (Lipinski definition) is 1. The van der Waals surface area contributed by atoms with Crippen molar-refractivity contribution in [3.63, 3.8) is 0 Å². The molecule has 0 unspecified atom stereocenters. The molecule has 2 aliphatic heterocycles. The van der Waals surface area contributed by atoms with E-state index in [0.717, 1.165) is 32.1 Å². The maximum absolute atomic E-state index is 14.1. The fourth-order valence-corrected chi connectivity index (χ4v) is 7.35. The fraction of sp³-hybridized carbons (Fsp3) is 0.759. The van der Waals surface area contributed by atoms with E-state index in [4.69, 9.17) is 30.8 Å². The first kappa shape index (κ1) is 30.0. The summed E-state index contributed by atoms with van der Waals surface area (Å²) >= 11 is 6.47. The van der Waals surface area contributed by atoms with Gasteiger partial charge in [0.05, 0.1) is 30.3 Å². The molecule has 0 radical (unpaired) electrons. The number of carbonyl (C=O) groups excluding carboxylic acids is 2. The van der Waals surface area contributed by atoms with Crippen LogP contribution >= 0.6 is 11.6 Å². The van der Waals surface area contributed by atoms with Crippen LogP contribution in [0, 0.1) is 11.3 Å². The molecular weight excluding hydrogens is 550 g/mol. The summed E-state index contributed by atoms with van der Waals surface area (Å²) in [6, 6.07) is 1.54. The van der Waals surface area contributed by atoms with Crippen LogP contribution < -0.4 is 4.90 Å². The van der Waals surface area contributed by atoms with Gasteiger partial charge in [-0.2, -0.15) is 0 Å². The van der Waals surface area contributed by atoms with E-state index < -0.39 is 22.7 Å². The largest absolute Gasteiger partial charge is 0.444 e. The van der Waals surface area contributed by atoms with Crippen molar-refractivity contribution in [3.8, 4) is 0 Å². The highest BCUT2D eigenvalue weighted by Gasteiger charge is 2.62. The number of amides is 1. The van der Waals surface area contributed by atoms with Crippen LogP contribution in [0.1, 0.15) is 89.7 Å². The Morgan fingerprint density at radius 3 is 2.51 bits per heavy atom. The molecule has 226 valence electrons. The van der Waals surface area contributed by atoms with E-state index in [9.17, 15) is 14.8 Å². The van der Waals surface area contributed by atoms with Crippen molar-refractivity contribution in [2.75, 3.05) is 37.7 Å². The maximum atomic E-state index is 14.1. The SMILES string of the molecule is C[C@H]1CN(C(=O)OC(C)(C)C)CCCN1c1cc(Cl)nc(C(=O)[C@@H]2CCC[C@@]3(CCCCC34OCCO4)/C2=N/O)n1. The fourth-order valence-electron chi connectivity index (χ4n) is 7.17. The molecule has 0 aromatic carbocycles. The molecule has 2 spiro atoms. The zero-order chi connectivity index (χ0) is 29.4. The zero-order valence-electron chi connectivity index (χ0n) is 24.5. The number of oxime groups is 1. The number of carbonyl (C=O) groups is 2. The van der Waals surface area contributed by atoms with Gasteiger partial charge < -0.3 is 29.2 Å². The summed E-state index contributed by atoms with van der Waals surface area (Å²) in [7, 11) is 0. The summed E-state index contributed by atoms with van der Waals surface area (Å²) in [6.07, 6.45) is 5.71. The molecule has 1 N–H and O–H groups in total. The summed E-state index contributed by atoms with van der Waals surface area (Å²) in [5.41, 5.74) is -0.832. The van der Waals surface area contributed by atoms with Gasteiger partial charge in [0.2, 0.25) is 5.78 Å². The highest BCUT2D eigenvalue weighted by Crippen LogP contribution is 2.56. The number of fused-ring (bicyclic) bond motifs is 1. The van der Waals surface area contributed by atoms with Gasteiger partial charge in [-0.3, -0.25) is 4.79 Å². The summed E-state index contributed by atoms with van der Waals surface area (Å²) < 4.78 is 18.0. The van der Waals surface area contributed by atoms with Crippen LogP contribution in [0.25, 0.3) is 0 Å². The van der Waals surface area contributed by atoms with Crippen molar-refractivity contribution in [2.24, 2.45) is 16.5 Å². The van der Waals surface area contributed by atoms with Crippen LogP contribution in [0.15, 0.2) is 11.2 Å². The summed E-state index contributed by atoms with van der Waals surface area (Å²) in [6.45, 7) is 10.1. The first-order valence-electron chi connectivity index (χ1n) is 14.8. The molecule has 5 rings (SSSR count). The molecule has 0 bridgehead atoms. The number of anilines is 1. The standard InChI is InChI=1S/C29H42ClN5O6/c1-19-18-34(26(37)41-27(2,3)4)13-8-14-35(19)22-17-21(30)31-25(32-22)23(36)20-9-7-11-28(24(20)33-38)10-5-6-12-29(28)39-15-16-40-29/h17,19-20,38H,5-16,18H2,1-4H3/b33-24+/t19-,20-,28-/m0/s1. The summed E-state index contributed by atoms with van der Waals surface area (Å²) in [4.78, 5) is 39.6. The third-order valence-electron chi connectivity index (χ3n) is 8.87. The molecule has 2 aliphatic carbocycles. The van der Waals surface area contributed by atoms with Crippen molar-refractivity contribution in [3.05, 3.63) is 17.0 Å². The predicted octanol–water partition coefficient (Wildman–Crippen LogP) is 5.08. The number of rotatable bonds is 3. The Hall–Kier alpha value is -2.50. The van der Waals surface area contributed by atoms with Gasteiger partial charge in [0, 0.05) is 38.2 Å². The van der Waals surface area contributed by atoms with Gasteiger partial charge in [-0.1, -0.05) is 29.6 Å². The Morgan fingerprint density at radius 2 is 1.80 bits per heavy atom. The first-order chi connectivity index (χ1) is 19.5. The van der Waals surface area contributed by atoms with Gasteiger partial charge in [-0.05, 0) is 59.8 Å². The third-order valence-corrected chi connectivity index (χ3v) is 9.07. The Bertz CT molecular complexity index is 1180. The van der Waals surface area contributed by atoms with E-state index >= 15 is 0 Å². The van der Waals surface area contributed by atoms with Crippen LogP contribution in [0.2, 0.25) is 5.15 Å². The lowest BCUT2D eigenvalue weighted by atomic mass is 9.57. The van der Waals surface area contributed by atoms with Crippen LogP contribution in [0.4, 0.5) is 10.6 Å².